The highest BCUT2D eigenvalue weighted by Gasteiger charge is 2.31. The lowest BCUT2D eigenvalue weighted by Crippen LogP contribution is -2.59. The number of para-hydroxylation sites is 1. The number of hydrogen-bond acceptors (Lipinski definition) is 3. The molecule has 0 aromatic heterocycles. The van der Waals surface area contributed by atoms with Crippen molar-refractivity contribution in [3.8, 4) is 5.75 Å². The molecule has 1 heterocycles. The van der Waals surface area contributed by atoms with Crippen molar-refractivity contribution in [3.63, 3.8) is 0 Å². The summed E-state index contributed by atoms with van der Waals surface area (Å²) in [4.78, 5) is 14.3. The molecule has 0 spiro atoms. The fourth-order valence-corrected chi connectivity index (χ4v) is 2.35. The van der Waals surface area contributed by atoms with Gasteiger partial charge in [-0.2, -0.15) is 0 Å². The van der Waals surface area contributed by atoms with E-state index in [0.29, 0.717) is 6.04 Å². The van der Waals surface area contributed by atoms with E-state index in [0.717, 1.165) is 18.8 Å². The molecular weight excluding hydrogens is 240 g/mol. The Balaban J connectivity index is 1.99. The standard InChI is InChI=1S/C15H22N2O2/c1-11-12(2)17(10-9-16-11)15(18)13(3)19-14-7-5-4-6-8-14/h4-8,11-13,16H,9-10H2,1-3H3. The van der Waals surface area contributed by atoms with Crippen molar-refractivity contribution in [2.75, 3.05) is 13.1 Å². The van der Waals surface area contributed by atoms with Gasteiger partial charge in [-0.1, -0.05) is 18.2 Å². The first-order valence-electron chi connectivity index (χ1n) is 6.85. The van der Waals surface area contributed by atoms with Gasteiger partial charge in [0.15, 0.2) is 6.10 Å². The first-order valence-corrected chi connectivity index (χ1v) is 6.85. The number of benzene rings is 1. The molecule has 2 rings (SSSR count). The molecule has 0 bridgehead atoms. The van der Waals surface area contributed by atoms with Crippen molar-refractivity contribution in [1.29, 1.82) is 0 Å². The Morgan fingerprint density at radius 1 is 1.37 bits per heavy atom. The average molecular weight is 262 g/mol. The normalized spacial score (nSPS) is 24.9. The van der Waals surface area contributed by atoms with Gasteiger partial charge in [0, 0.05) is 25.2 Å². The van der Waals surface area contributed by atoms with Crippen LogP contribution in [0.3, 0.4) is 0 Å². The third kappa shape index (κ3) is 3.26. The molecule has 19 heavy (non-hydrogen) atoms. The van der Waals surface area contributed by atoms with Crippen LogP contribution >= 0.6 is 0 Å². The van der Waals surface area contributed by atoms with Crippen molar-refractivity contribution in [2.24, 2.45) is 0 Å². The first kappa shape index (κ1) is 13.9. The van der Waals surface area contributed by atoms with Gasteiger partial charge < -0.3 is 15.0 Å². The Morgan fingerprint density at radius 3 is 2.74 bits per heavy atom. The van der Waals surface area contributed by atoms with Crippen LogP contribution in [0, 0.1) is 0 Å². The molecule has 1 aromatic carbocycles. The zero-order chi connectivity index (χ0) is 13.8. The lowest BCUT2D eigenvalue weighted by Gasteiger charge is -2.39. The van der Waals surface area contributed by atoms with Gasteiger partial charge in [-0.15, -0.1) is 0 Å². The van der Waals surface area contributed by atoms with Crippen molar-refractivity contribution in [2.45, 2.75) is 39.0 Å². The summed E-state index contributed by atoms with van der Waals surface area (Å²) in [7, 11) is 0. The van der Waals surface area contributed by atoms with Crippen molar-refractivity contribution >= 4 is 5.91 Å². The summed E-state index contributed by atoms with van der Waals surface area (Å²) in [5.41, 5.74) is 0. The van der Waals surface area contributed by atoms with Crippen molar-refractivity contribution in [3.05, 3.63) is 30.3 Å². The van der Waals surface area contributed by atoms with Gasteiger partial charge in [-0.05, 0) is 32.9 Å². The van der Waals surface area contributed by atoms with Crippen LogP contribution in [-0.2, 0) is 4.79 Å². The molecule has 1 aromatic rings. The van der Waals surface area contributed by atoms with Gasteiger partial charge in [0.05, 0.1) is 0 Å². The number of ether oxygens (including phenoxy) is 1. The number of piperazine rings is 1. The molecule has 1 aliphatic rings. The van der Waals surface area contributed by atoms with E-state index in [1.165, 1.54) is 0 Å². The van der Waals surface area contributed by atoms with E-state index >= 15 is 0 Å². The third-order valence-corrected chi connectivity index (χ3v) is 3.72. The van der Waals surface area contributed by atoms with Crippen LogP contribution in [0.5, 0.6) is 5.75 Å². The lowest BCUT2D eigenvalue weighted by atomic mass is 10.1. The molecule has 1 amide bonds. The highest BCUT2D eigenvalue weighted by Crippen LogP contribution is 2.15. The number of hydrogen-bond donors (Lipinski definition) is 1. The van der Waals surface area contributed by atoms with E-state index in [9.17, 15) is 4.79 Å². The zero-order valence-corrected chi connectivity index (χ0v) is 11.8. The van der Waals surface area contributed by atoms with E-state index in [4.69, 9.17) is 4.74 Å². The SMILES string of the molecule is CC(Oc1ccccc1)C(=O)N1CCNC(C)C1C. The second kappa shape index (κ2) is 6.06. The molecule has 1 fully saturated rings. The molecule has 4 nitrogen and oxygen atoms in total. The second-order valence-corrected chi connectivity index (χ2v) is 5.09. The Labute approximate surface area is 114 Å². The molecule has 104 valence electrons. The van der Waals surface area contributed by atoms with Gasteiger partial charge in [-0.3, -0.25) is 4.79 Å². The van der Waals surface area contributed by atoms with Crippen LogP contribution in [0.25, 0.3) is 0 Å². The summed E-state index contributed by atoms with van der Waals surface area (Å²) in [5.74, 6) is 0.795. The van der Waals surface area contributed by atoms with Crippen molar-refractivity contribution < 1.29 is 9.53 Å². The smallest absolute Gasteiger partial charge is 0.263 e. The summed E-state index contributed by atoms with van der Waals surface area (Å²) < 4.78 is 5.70. The third-order valence-electron chi connectivity index (χ3n) is 3.72. The van der Waals surface area contributed by atoms with Crippen LogP contribution in [0.15, 0.2) is 30.3 Å². The van der Waals surface area contributed by atoms with Crippen LogP contribution in [0.2, 0.25) is 0 Å². The lowest BCUT2D eigenvalue weighted by molar-refractivity contribution is -0.141. The van der Waals surface area contributed by atoms with E-state index in [2.05, 4.69) is 19.2 Å². The van der Waals surface area contributed by atoms with Crippen LogP contribution in [0.1, 0.15) is 20.8 Å². The van der Waals surface area contributed by atoms with Crippen molar-refractivity contribution in [1.82, 2.24) is 10.2 Å². The van der Waals surface area contributed by atoms with Gasteiger partial charge >= 0.3 is 0 Å². The molecule has 0 saturated carbocycles. The predicted octanol–water partition coefficient (Wildman–Crippen LogP) is 1.66. The van der Waals surface area contributed by atoms with E-state index in [-0.39, 0.29) is 11.9 Å². The van der Waals surface area contributed by atoms with Gasteiger partial charge in [0.1, 0.15) is 5.75 Å². The maximum Gasteiger partial charge on any atom is 0.263 e. The van der Waals surface area contributed by atoms with Crippen LogP contribution in [-0.4, -0.2) is 42.1 Å². The second-order valence-electron chi connectivity index (χ2n) is 5.09. The first-order chi connectivity index (χ1) is 9.09. The summed E-state index contributed by atoms with van der Waals surface area (Å²) >= 11 is 0. The van der Waals surface area contributed by atoms with Gasteiger partial charge in [-0.25, -0.2) is 0 Å². The minimum Gasteiger partial charge on any atom is -0.481 e. The summed E-state index contributed by atoms with van der Waals surface area (Å²) in [6, 6.07) is 10.00. The molecule has 0 radical (unpaired) electrons. The van der Waals surface area contributed by atoms with E-state index in [1.54, 1.807) is 0 Å². The molecule has 1 saturated heterocycles. The predicted molar refractivity (Wildman–Crippen MR) is 75.2 cm³/mol. The number of carbonyl (C=O) groups excluding carboxylic acids is 1. The minimum absolute atomic E-state index is 0.0599. The zero-order valence-electron chi connectivity index (χ0n) is 11.8. The molecular formula is C15H22N2O2. The van der Waals surface area contributed by atoms with E-state index in [1.807, 2.05) is 42.2 Å². The molecule has 3 atom stereocenters. The highest BCUT2D eigenvalue weighted by molar-refractivity contribution is 5.81. The number of amides is 1. The summed E-state index contributed by atoms with van der Waals surface area (Å²) in [6.45, 7) is 7.58. The van der Waals surface area contributed by atoms with Crippen LogP contribution < -0.4 is 10.1 Å². The largest absolute Gasteiger partial charge is 0.481 e. The molecule has 1 N–H and O–H groups in total. The summed E-state index contributed by atoms with van der Waals surface area (Å²) in [6.07, 6.45) is -0.449. The van der Waals surface area contributed by atoms with Crippen LogP contribution in [0.4, 0.5) is 0 Å². The van der Waals surface area contributed by atoms with E-state index < -0.39 is 6.10 Å². The Bertz CT molecular complexity index is 421. The number of nitrogens with one attached hydrogen (secondary N) is 1. The monoisotopic (exact) mass is 262 g/mol. The topological polar surface area (TPSA) is 41.6 Å². The maximum absolute atomic E-state index is 12.4. The fraction of sp³-hybridized carbons (Fsp3) is 0.533. The Kier molecular flexibility index (Phi) is 4.43. The molecule has 4 heteroatoms. The minimum atomic E-state index is -0.449. The number of carbonyl (C=O) groups is 1. The molecule has 1 aliphatic heterocycles. The summed E-state index contributed by atoms with van der Waals surface area (Å²) in [5, 5.41) is 3.37. The number of rotatable bonds is 3. The fourth-order valence-electron chi connectivity index (χ4n) is 2.35. The molecule has 3 unspecified atom stereocenters. The van der Waals surface area contributed by atoms with Gasteiger partial charge in [0.25, 0.3) is 5.91 Å². The quantitative estimate of drug-likeness (QED) is 0.901. The average Bonchev–Trinajstić information content (AvgIpc) is 2.42. The molecule has 0 aliphatic carbocycles. The Hall–Kier alpha value is -1.55. The van der Waals surface area contributed by atoms with Gasteiger partial charge in [0.2, 0.25) is 0 Å². The Morgan fingerprint density at radius 2 is 2.05 bits per heavy atom. The number of nitrogens with zero attached hydrogens (tertiary/aromatic N) is 1. The highest BCUT2D eigenvalue weighted by atomic mass is 16.5. The maximum atomic E-state index is 12.4.